The number of carbonyl (C=O) groups is 3. The molecule has 0 aliphatic heterocycles. The van der Waals surface area contributed by atoms with Crippen molar-refractivity contribution in [2.24, 2.45) is 0 Å². The van der Waals surface area contributed by atoms with Gasteiger partial charge in [-0.25, -0.2) is 4.79 Å². The topological polar surface area (TPSA) is 90.5 Å². The van der Waals surface area contributed by atoms with Gasteiger partial charge in [-0.05, 0) is 26.5 Å². The molecule has 0 fully saturated rings. The second kappa shape index (κ2) is 10.4. The van der Waals surface area contributed by atoms with Gasteiger partial charge in [-0.3, -0.25) is 19.8 Å². The first-order chi connectivity index (χ1) is 11.4. The second-order valence-corrected chi connectivity index (χ2v) is 5.93. The molecule has 0 aliphatic carbocycles. The molecule has 0 saturated carbocycles. The minimum atomic E-state index is -0.524. The van der Waals surface area contributed by atoms with Crippen molar-refractivity contribution in [1.82, 2.24) is 20.9 Å². The van der Waals surface area contributed by atoms with Crippen LogP contribution in [0, 0.1) is 0 Å². The summed E-state index contributed by atoms with van der Waals surface area (Å²) in [6.45, 7) is 4.74. The maximum Gasteiger partial charge on any atom is 0.321 e. The predicted octanol–water partition coefficient (Wildman–Crippen LogP) is 0.859. The number of imide groups is 1. The van der Waals surface area contributed by atoms with Gasteiger partial charge in [0.25, 0.3) is 0 Å². The number of urea groups is 1. The zero-order valence-corrected chi connectivity index (χ0v) is 14.5. The van der Waals surface area contributed by atoms with Crippen molar-refractivity contribution in [3.8, 4) is 0 Å². The van der Waals surface area contributed by atoms with Crippen molar-refractivity contribution < 1.29 is 14.4 Å². The van der Waals surface area contributed by atoms with Gasteiger partial charge < -0.3 is 10.6 Å². The molecule has 7 nitrogen and oxygen atoms in total. The van der Waals surface area contributed by atoms with Crippen LogP contribution < -0.4 is 16.0 Å². The van der Waals surface area contributed by atoms with E-state index in [1.54, 1.807) is 11.9 Å². The standard InChI is InChI=1S/C17H26N4O3/c1-13(2)19-16(23)12-21(3)10-9-15(22)20-17(24)18-11-14-7-5-4-6-8-14/h4-8,13H,9-12H2,1-3H3,(H,19,23)(H2,18,20,22,24). The van der Waals surface area contributed by atoms with Gasteiger partial charge in [0.15, 0.2) is 0 Å². The van der Waals surface area contributed by atoms with E-state index in [1.807, 2.05) is 44.2 Å². The third kappa shape index (κ3) is 8.89. The zero-order valence-electron chi connectivity index (χ0n) is 14.5. The average molecular weight is 334 g/mol. The molecule has 0 radical (unpaired) electrons. The van der Waals surface area contributed by atoms with Crippen molar-refractivity contribution in [1.29, 1.82) is 0 Å². The molecule has 0 heterocycles. The summed E-state index contributed by atoms with van der Waals surface area (Å²) in [7, 11) is 1.75. The Bertz CT molecular complexity index is 546. The van der Waals surface area contributed by atoms with Crippen molar-refractivity contribution >= 4 is 17.8 Å². The molecule has 0 bridgehead atoms. The fraction of sp³-hybridized carbons (Fsp3) is 0.471. The van der Waals surface area contributed by atoms with E-state index in [0.717, 1.165) is 5.56 Å². The fourth-order valence-electron chi connectivity index (χ4n) is 2.00. The zero-order chi connectivity index (χ0) is 17.9. The predicted molar refractivity (Wildman–Crippen MR) is 92.2 cm³/mol. The number of rotatable bonds is 8. The lowest BCUT2D eigenvalue weighted by Gasteiger charge is -2.17. The summed E-state index contributed by atoms with van der Waals surface area (Å²) in [4.78, 5) is 36.7. The van der Waals surface area contributed by atoms with Gasteiger partial charge in [0.05, 0.1) is 6.54 Å². The van der Waals surface area contributed by atoms with E-state index in [1.165, 1.54) is 0 Å². The van der Waals surface area contributed by atoms with Crippen molar-refractivity contribution in [2.45, 2.75) is 32.9 Å². The molecule has 1 rings (SSSR count). The second-order valence-electron chi connectivity index (χ2n) is 5.93. The Morgan fingerprint density at radius 2 is 1.75 bits per heavy atom. The smallest absolute Gasteiger partial charge is 0.321 e. The van der Waals surface area contributed by atoms with Crippen LogP contribution in [-0.2, 0) is 16.1 Å². The quantitative estimate of drug-likeness (QED) is 0.658. The van der Waals surface area contributed by atoms with Crippen LogP contribution in [0.3, 0.4) is 0 Å². The highest BCUT2D eigenvalue weighted by Crippen LogP contribution is 1.97. The molecule has 1 aromatic carbocycles. The van der Waals surface area contributed by atoms with E-state index in [2.05, 4.69) is 16.0 Å². The summed E-state index contributed by atoms with van der Waals surface area (Å²) in [5.74, 6) is -0.467. The molecule has 0 saturated heterocycles. The van der Waals surface area contributed by atoms with Gasteiger partial charge in [0.2, 0.25) is 11.8 Å². The van der Waals surface area contributed by atoms with E-state index in [4.69, 9.17) is 0 Å². The molecule has 0 spiro atoms. The lowest BCUT2D eigenvalue weighted by molar-refractivity contribution is -0.124. The highest BCUT2D eigenvalue weighted by atomic mass is 16.2. The Hall–Kier alpha value is -2.41. The van der Waals surface area contributed by atoms with Crippen LogP contribution in [0.4, 0.5) is 4.79 Å². The van der Waals surface area contributed by atoms with Crippen LogP contribution >= 0.6 is 0 Å². The van der Waals surface area contributed by atoms with Crippen LogP contribution in [0.15, 0.2) is 30.3 Å². The summed E-state index contributed by atoms with van der Waals surface area (Å²) in [5.41, 5.74) is 0.955. The average Bonchev–Trinajstić information content (AvgIpc) is 2.51. The maximum atomic E-state index is 11.7. The third-order valence-corrected chi connectivity index (χ3v) is 3.13. The number of likely N-dealkylation sites (N-methyl/N-ethyl adjacent to an activating group) is 1. The van der Waals surface area contributed by atoms with E-state index < -0.39 is 6.03 Å². The van der Waals surface area contributed by atoms with Crippen LogP contribution in [0.2, 0.25) is 0 Å². The largest absolute Gasteiger partial charge is 0.353 e. The lowest BCUT2D eigenvalue weighted by Crippen LogP contribution is -2.42. The van der Waals surface area contributed by atoms with Crippen molar-refractivity contribution in [2.75, 3.05) is 20.1 Å². The number of nitrogens with zero attached hydrogens (tertiary/aromatic N) is 1. The summed E-state index contributed by atoms with van der Waals surface area (Å²) < 4.78 is 0. The number of carbonyl (C=O) groups excluding carboxylic acids is 3. The molecule has 132 valence electrons. The monoisotopic (exact) mass is 334 g/mol. The number of nitrogens with one attached hydrogen (secondary N) is 3. The van der Waals surface area contributed by atoms with Gasteiger partial charge in [0, 0.05) is 25.6 Å². The lowest BCUT2D eigenvalue weighted by atomic mass is 10.2. The molecule has 4 amide bonds. The maximum absolute atomic E-state index is 11.7. The van der Waals surface area contributed by atoms with Gasteiger partial charge in [0.1, 0.15) is 0 Å². The SMILES string of the molecule is CC(C)NC(=O)CN(C)CCC(=O)NC(=O)NCc1ccccc1. The van der Waals surface area contributed by atoms with E-state index in [0.29, 0.717) is 13.1 Å². The Kier molecular flexibility index (Phi) is 8.49. The van der Waals surface area contributed by atoms with Gasteiger partial charge in [-0.1, -0.05) is 30.3 Å². The van der Waals surface area contributed by atoms with Crippen molar-refractivity contribution in [3.63, 3.8) is 0 Å². The van der Waals surface area contributed by atoms with E-state index in [-0.39, 0.29) is 30.8 Å². The number of hydrogen-bond acceptors (Lipinski definition) is 4. The molecule has 0 aliphatic rings. The molecule has 0 aromatic heterocycles. The normalized spacial score (nSPS) is 10.5. The Morgan fingerprint density at radius 3 is 2.38 bits per heavy atom. The Labute approximate surface area is 142 Å². The summed E-state index contributed by atoms with van der Waals surface area (Å²) in [6, 6.07) is 8.99. The molecule has 3 N–H and O–H groups in total. The summed E-state index contributed by atoms with van der Waals surface area (Å²) in [5, 5.41) is 7.68. The minimum absolute atomic E-state index is 0.0857. The molecule has 7 heteroatoms. The molecule has 24 heavy (non-hydrogen) atoms. The first-order valence-corrected chi connectivity index (χ1v) is 7.96. The van der Waals surface area contributed by atoms with Gasteiger partial charge >= 0.3 is 6.03 Å². The van der Waals surface area contributed by atoms with E-state index >= 15 is 0 Å². The first kappa shape index (κ1) is 19.6. The summed E-state index contributed by atoms with van der Waals surface area (Å²) in [6.07, 6.45) is 0.143. The number of amides is 4. The molecule has 1 aromatic rings. The third-order valence-electron chi connectivity index (χ3n) is 3.13. The molecule has 0 unspecified atom stereocenters. The molecular formula is C17H26N4O3. The number of hydrogen-bond donors (Lipinski definition) is 3. The van der Waals surface area contributed by atoms with Gasteiger partial charge in [-0.15, -0.1) is 0 Å². The van der Waals surface area contributed by atoms with Crippen LogP contribution in [-0.4, -0.2) is 48.9 Å². The number of benzene rings is 1. The van der Waals surface area contributed by atoms with Crippen LogP contribution in [0.5, 0.6) is 0 Å². The van der Waals surface area contributed by atoms with Crippen LogP contribution in [0.25, 0.3) is 0 Å². The summed E-state index contributed by atoms with van der Waals surface area (Å²) >= 11 is 0. The fourth-order valence-corrected chi connectivity index (χ4v) is 2.00. The molecular weight excluding hydrogens is 308 g/mol. The first-order valence-electron chi connectivity index (χ1n) is 7.96. The van der Waals surface area contributed by atoms with Gasteiger partial charge in [-0.2, -0.15) is 0 Å². The Balaban J connectivity index is 2.20. The minimum Gasteiger partial charge on any atom is -0.353 e. The van der Waals surface area contributed by atoms with Crippen LogP contribution in [0.1, 0.15) is 25.8 Å². The van der Waals surface area contributed by atoms with E-state index in [9.17, 15) is 14.4 Å². The van der Waals surface area contributed by atoms with Crippen molar-refractivity contribution in [3.05, 3.63) is 35.9 Å². The highest BCUT2D eigenvalue weighted by molar-refractivity contribution is 5.94. The Morgan fingerprint density at radius 1 is 1.08 bits per heavy atom. The molecule has 0 atom stereocenters. The highest BCUT2D eigenvalue weighted by Gasteiger charge is 2.11.